The van der Waals surface area contributed by atoms with Crippen molar-refractivity contribution in [3.63, 3.8) is 0 Å². The number of fused-ring (bicyclic) bond motifs is 1. The van der Waals surface area contributed by atoms with E-state index in [9.17, 15) is 0 Å². The van der Waals surface area contributed by atoms with E-state index in [1.807, 2.05) is 0 Å². The average molecular weight is 278 g/mol. The van der Waals surface area contributed by atoms with Crippen LogP contribution in [0.15, 0.2) is 35.7 Å². The topological polar surface area (TPSA) is 3.24 Å². The van der Waals surface area contributed by atoms with Gasteiger partial charge in [0, 0.05) is 19.0 Å². The highest BCUT2D eigenvalue weighted by Gasteiger charge is 2.25. The van der Waals surface area contributed by atoms with Gasteiger partial charge in [-0.05, 0) is 35.5 Å². The molecular formula is C15H16ClNS. The van der Waals surface area contributed by atoms with Gasteiger partial charge in [-0.3, -0.25) is 0 Å². The van der Waals surface area contributed by atoms with Crippen molar-refractivity contribution in [2.75, 3.05) is 20.1 Å². The lowest BCUT2D eigenvalue weighted by atomic mass is 9.91. The van der Waals surface area contributed by atoms with Crippen LogP contribution in [0.25, 0.3) is 0 Å². The Kier molecular flexibility index (Phi) is 3.42. The molecule has 0 radical (unpaired) electrons. The van der Waals surface area contributed by atoms with Gasteiger partial charge in [0.2, 0.25) is 0 Å². The monoisotopic (exact) mass is 277 g/mol. The molecule has 1 nitrogen and oxygen atoms in total. The van der Waals surface area contributed by atoms with Gasteiger partial charge in [0.1, 0.15) is 0 Å². The van der Waals surface area contributed by atoms with Crippen molar-refractivity contribution in [1.29, 1.82) is 0 Å². The summed E-state index contributed by atoms with van der Waals surface area (Å²) in [6, 6.07) is 10.8. The Morgan fingerprint density at radius 3 is 2.83 bits per heavy atom. The van der Waals surface area contributed by atoms with E-state index >= 15 is 0 Å². The third-order valence-corrected chi connectivity index (χ3v) is 5.01. The first kappa shape index (κ1) is 12.2. The van der Waals surface area contributed by atoms with Crippen LogP contribution < -0.4 is 0 Å². The highest BCUT2D eigenvalue weighted by molar-refractivity contribution is 7.14. The molecule has 0 saturated carbocycles. The van der Waals surface area contributed by atoms with Gasteiger partial charge in [0.05, 0.1) is 4.34 Å². The maximum atomic E-state index is 6.33. The van der Waals surface area contributed by atoms with E-state index in [1.54, 1.807) is 11.3 Å². The van der Waals surface area contributed by atoms with Gasteiger partial charge in [-0.2, -0.15) is 0 Å². The van der Waals surface area contributed by atoms with Crippen LogP contribution in [0.4, 0.5) is 0 Å². The van der Waals surface area contributed by atoms with Crippen molar-refractivity contribution in [2.45, 2.75) is 12.3 Å². The fourth-order valence-electron chi connectivity index (χ4n) is 2.68. The molecule has 1 unspecified atom stereocenters. The van der Waals surface area contributed by atoms with Crippen molar-refractivity contribution in [1.82, 2.24) is 4.90 Å². The molecule has 3 heteroatoms. The Labute approximate surface area is 117 Å². The first-order valence-corrected chi connectivity index (χ1v) is 7.50. The minimum Gasteiger partial charge on any atom is -0.305 e. The molecule has 3 rings (SSSR count). The van der Waals surface area contributed by atoms with E-state index in [0.29, 0.717) is 5.92 Å². The number of hydrogen-bond acceptors (Lipinski definition) is 2. The zero-order valence-corrected chi connectivity index (χ0v) is 12.0. The quantitative estimate of drug-likeness (QED) is 0.761. The van der Waals surface area contributed by atoms with E-state index in [1.165, 1.54) is 16.7 Å². The zero-order valence-electron chi connectivity index (χ0n) is 10.4. The van der Waals surface area contributed by atoms with Crippen LogP contribution in [0.5, 0.6) is 0 Å². The number of nitrogens with zero attached hydrogens (tertiary/aromatic N) is 1. The van der Waals surface area contributed by atoms with Gasteiger partial charge in [-0.25, -0.2) is 0 Å². The number of hydrogen-bond donors (Lipinski definition) is 0. The van der Waals surface area contributed by atoms with E-state index in [0.717, 1.165) is 23.8 Å². The van der Waals surface area contributed by atoms with E-state index in [4.69, 9.17) is 11.6 Å². The highest BCUT2D eigenvalue weighted by atomic mass is 35.5. The summed E-state index contributed by atoms with van der Waals surface area (Å²) in [5, 5.41) is 2.24. The van der Waals surface area contributed by atoms with Crippen LogP contribution in [-0.4, -0.2) is 25.0 Å². The average Bonchev–Trinajstić information content (AvgIpc) is 2.66. The standard InChI is InChI=1S/C15H16ClNS/c1-17-8-7-12-14(10-18-15(12)16)13(9-17)11-5-3-2-4-6-11/h2-6,10,13H,7-9H2,1H3. The van der Waals surface area contributed by atoms with Gasteiger partial charge in [0.25, 0.3) is 0 Å². The molecular weight excluding hydrogens is 262 g/mol. The molecule has 2 heterocycles. The predicted octanol–water partition coefficient (Wildman–Crippen LogP) is 4.02. The molecule has 0 saturated heterocycles. The maximum absolute atomic E-state index is 6.33. The van der Waals surface area contributed by atoms with E-state index in [2.05, 4.69) is 47.7 Å². The third-order valence-electron chi connectivity index (χ3n) is 3.69. The van der Waals surface area contributed by atoms with Crippen molar-refractivity contribution < 1.29 is 0 Å². The van der Waals surface area contributed by atoms with Gasteiger partial charge in [-0.1, -0.05) is 41.9 Å². The molecule has 1 atom stereocenters. The summed E-state index contributed by atoms with van der Waals surface area (Å²) >= 11 is 8.01. The van der Waals surface area contributed by atoms with E-state index < -0.39 is 0 Å². The normalized spacial score (nSPS) is 20.4. The van der Waals surface area contributed by atoms with Crippen molar-refractivity contribution >= 4 is 22.9 Å². The van der Waals surface area contributed by atoms with Gasteiger partial charge in [0.15, 0.2) is 0 Å². The summed E-state index contributed by atoms with van der Waals surface area (Å²) < 4.78 is 0.973. The molecule has 0 fully saturated rings. The molecule has 1 aliphatic heterocycles. The van der Waals surface area contributed by atoms with Crippen LogP contribution in [0.1, 0.15) is 22.6 Å². The number of halogens is 1. The summed E-state index contributed by atoms with van der Waals surface area (Å²) in [5.74, 6) is 0.456. The molecule has 0 spiro atoms. The summed E-state index contributed by atoms with van der Waals surface area (Å²) in [4.78, 5) is 2.40. The molecule has 0 amide bonds. The van der Waals surface area contributed by atoms with Gasteiger partial charge < -0.3 is 4.90 Å². The number of rotatable bonds is 1. The molecule has 1 aromatic heterocycles. The minimum atomic E-state index is 0.456. The molecule has 18 heavy (non-hydrogen) atoms. The van der Waals surface area contributed by atoms with Crippen LogP contribution in [0.2, 0.25) is 4.34 Å². The molecule has 2 aromatic rings. The highest BCUT2D eigenvalue weighted by Crippen LogP contribution is 2.38. The largest absolute Gasteiger partial charge is 0.305 e. The fraction of sp³-hybridized carbons (Fsp3) is 0.333. The van der Waals surface area contributed by atoms with E-state index in [-0.39, 0.29) is 0 Å². The third kappa shape index (κ3) is 2.20. The molecule has 94 valence electrons. The van der Waals surface area contributed by atoms with Crippen molar-refractivity contribution in [2.24, 2.45) is 0 Å². The number of thiophene rings is 1. The summed E-state index contributed by atoms with van der Waals surface area (Å²) in [6.45, 7) is 2.16. The van der Waals surface area contributed by atoms with Crippen LogP contribution in [0, 0.1) is 0 Å². The lowest BCUT2D eigenvalue weighted by Crippen LogP contribution is -2.24. The Morgan fingerprint density at radius 1 is 1.28 bits per heavy atom. The number of benzene rings is 1. The van der Waals surface area contributed by atoms with Gasteiger partial charge >= 0.3 is 0 Å². The lowest BCUT2D eigenvalue weighted by Gasteiger charge is -2.20. The first-order valence-electron chi connectivity index (χ1n) is 6.25. The Hall–Kier alpha value is -0.830. The smallest absolute Gasteiger partial charge is 0.0963 e. The second-order valence-electron chi connectivity index (χ2n) is 4.92. The Morgan fingerprint density at radius 2 is 2.06 bits per heavy atom. The van der Waals surface area contributed by atoms with Crippen molar-refractivity contribution in [3.8, 4) is 0 Å². The molecule has 0 aliphatic carbocycles. The first-order chi connectivity index (χ1) is 8.75. The van der Waals surface area contributed by atoms with Crippen LogP contribution >= 0.6 is 22.9 Å². The second kappa shape index (κ2) is 5.04. The summed E-state index contributed by atoms with van der Waals surface area (Å²) in [6.07, 6.45) is 1.07. The fourth-order valence-corrected chi connectivity index (χ4v) is 3.92. The Balaban J connectivity index is 2.07. The zero-order chi connectivity index (χ0) is 12.5. The summed E-state index contributed by atoms with van der Waals surface area (Å²) in [7, 11) is 2.19. The SMILES string of the molecule is CN1CCc2c(csc2Cl)C(c2ccccc2)C1. The molecule has 0 N–H and O–H groups in total. The molecule has 1 aliphatic rings. The lowest BCUT2D eigenvalue weighted by molar-refractivity contribution is 0.338. The second-order valence-corrected chi connectivity index (χ2v) is 6.40. The maximum Gasteiger partial charge on any atom is 0.0963 e. The predicted molar refractivity (Wildman–Crippen MR) is 78.8 cm³/mol. The van der Waals surface area contributed by atoms with Crippen LogP contribution in [-0.2, 0) is 6.42 Å². The summed E-state index contributed by atoms with van der Waals surface area (Å²) in [5.41, 5.74) is 4.18. The van der Waals surface area contributed by atoms with Gasteiger partial charge in [-0.15, -0.1) is 11.3 Å². The Bertz CT molecular complexity index is 535. The molecule has 0 bridgehead atoms. The molecule has 1 aromatic carbocycles. The number of likely N-dealkylation sites (N-methyl/N-ethyl adjacent to an activating group) is 1. The minimum absolute atomic E-state index is 0.456. The van der Waals surface area contributed by atoms with Crippen LogP contribution in [0.3, 0.4) is 0 Å². The van der Waals surface area contributed by atoms with Crippen molar-refractivity contribution in [3.05, 3.63) is 56.7 Å².